The van der Waals surface area contributed by atoms with Crippen LogP contribution in [-0.4, -0.2) is 35.6 Å². The van der Waals surface area contributed by atoms with Crippen LogP contribution in [0.5, 0.6) is 0 Å². The van der Waals surface area contributed by atoms with Gasteiger partial charge in [-0.25, -0.2) is 4.79 Å². The summed E-state index contributed by atoms with van der Waals surface area (Å²) >= 11 is 0. The van der Waals surface area contributed by atoms with E-state index in [0.717, 1.165) is 16.7 Å². The summed E-state index contributed by atoms with van der Waals surface area (Å²) in [5.74, 6) is -0.917. The van der Waals surface area contributed by atoms with Gasteiger partial charge in [0.2, 0.25) is 0 Å². The molecule has 5 heteroatoms. The second-order valence-electron chi connectivity index (χ2n) is 5.72. The fourth-order valence-electron chi connectivity index (χ4n) is 2.34. The highest BCUT2D eigenvalue weighted by Gasteiger charge is 2.14. The quantitative estimate of drug-likeness (QED) is 0.853. The number of rotatable bonds is 6. The number of benzene rings is 2. The van der Waals surface area contributed by atoms with E-state index >= 15 is 0 Å². The van der Waals surface area contributed by atoms with Gasteiger partial charge in [0.15, 0.2) is 0 Å². The fourth-order valence-corrected chi connectivity index (χ4v) is 2.34. The molecule has 0 fully saturated rings. The van der Waals surface area contributed by atoms with Crippen LogP contribution < -0.4 is 5.32 Å². The van der Waals surface area contributed by atoms with Crippen molar-refractivity contribution in [3.8, 4) is 11.1 Å². The van der Waals surface area contributed by atoms with E-state index in [1.807, 2.05) is 49.4 Å². The van der Waals surface area contributed by atoms with Gasteiger partial charge in [-0.3, -0.25) is 4.79 Å². The van der Waals surface area contributed by atoms with Crippen molar-refractivity contribution in [3.63, 3.8) is 0 Å². The smallest absolute Gasteiger partial charge is 0.317 e. The average molecular weight is 326 g/mol. The lowest BCUT2D eigenvalue weighted by Gasteiger charge is -2.21. The Hall–Kier alpha value is -2.82. The highest BCUT2D eigenvalue weighted by atomic mass is 16.4. The molecule has 1 atom stereocenters. The summed E-state index contributed by atoms with van der Waals surface area (Å²) in [7, 11) is 1.59. The van der Waals surface area contributed by atoms with Crippen LogP contribution in [0.25, 0.3) is 11.1 Å². The zero-order chi connectivity index (χ0) is 17.5. The van der Waals surface area contributed by atoms with E-state index in [4.69, 9.17) is 5.11 Å². The molecule has 126 valence electrons. The van der Waals surface area contributed by atoms with Crippen LogP contribution in [0.2, 0.25) is 0 Å². The Kier molecular flexibility index (Phi) is 5.95. The minimum Gasteiger partial charge on any atom is -0.481 e. The standard InChI is InChI=1S/C19H22N2O3/c1-14(20-19(24)21(2)13-12-18(22)23)15-8-10-17(11-9-15)16-6-4-3-5-7-16/h3-11,14H,12-13H2,1-2H3,(H,20,24)(H,22,23). The molecule has 2 amide bonds. The van der Waals surface area contributed by atoms with Gasteiger partial charge in [-0.05, 0) is 23.6 Å². The number of hydrogen-bond acceptors (Lipinski definition) is 2. The van der Waals surface area contributed by atoms with Gasteiger partial charge in [0.05, 0.1) is 12.5 Å². The van der Waals surface area contributed by atoms with Crippen molar-refractivity contribution in [2.75, 3.05) is 13.6 Å². The van der Waals surface area contributed by atoms with Crippen molar-refractivity contribution in [1.82, 2.24) is 10.2 Å². The van der Waals surface area contributed by atoms with Gasteiger partial charge < -0.3 is 15.3 Å². The first-order chi connectivity index (χ1) is 11.5. The molecule has 0 radical (unpaired) electrons. The maximum Gasteiger partial charge on any atom is 0.317 e. The van der Waals surface area contributed by atoms with Crippen LogP contribution in [0.4, 0.5) is 4.79 Å². The lowest BCUT2D eigenvalue weighted by Crippen LogP contribution is -2.39. The number of aliphatic carboxylic acids is 1. The highest BCUT2D eigenvalue weighted by Crippen LogP contribution is 2.21. The first kappa shape index (κ1) is 17.5. The lowest BCUT2D eigenvalue weighted by atomic mass is 10.0. The Morgan fingerprint density at radius 2 is 1.62 bits per heavy atom. The third-order valence-electron chi connectivity index (χ3n) is 3.87. The van der Waals surface area contributed by atoms with Gasteiger partial charge in [0.1, 0.15) is 0 Å². The Morgan fingerprint density at radius 1 is 1.04 bits per heavy atom. The number of carbonyl (C=O) groups is 2. The Labute approximate surface area is 141 Å². The van der Waals surface area contributed by atoms with Gasteiger partial charge >= 0.3 is 12.0 Å². The molecule has 0 aliphatic heterocycles. The largest absolute Gasteiger partial charge is 0.481 e. The predicted molar refractivity (Wildman–Crippen MR) is 93.7 cm³/mol. The second-order valence-corrected chi connectivity index (χ2v) is 5.72. The van der Waals surface area contributed by atoms with Crippen molar-refractivity contribution in [2.45, 2.75) is 19.4 Å². The lowest BCUT2D eigenvalue weighted by molar-refractivity contribution is -0.137. The summed E-state index contributed by atoms with van der Waals surface area (Å²) in [6.07, 6.45) is -0.0654. The summed E-state index contributed by atoms with van der Waals surface area (Å²) in [5.41, 5.74) is 3.26. The van der Waals surface area contributed by atoms with Crippen molar-refractivity contribution in [1.29, 1.82) is 0 Å². The zero-order valence-electron chi connectivity index (χ0n) is 13.9. The van der Waals surface area contributed by atoms with Crippen LogP contribution in [0.15, 0.2) is 54.6 Å². The van der Waals surface area contributed by atoms with Crippen LogP contribution in [-0.2, 0) is 4.79 Å². The fraction of sp³-hybridized carbons (Fsp3) is 0.263. The third-order valence-corrected chi connectivity index (χ3v) is 3.87. The number of carbonyl (C=O) groups excluding carboxylic acids is 1. The summed E-state index contributed by atoms with van der Waals surface area (Å²) in [4.78, 5) is 24.0. The minimum absolute atomic E-state index is 0.0654. The number of amides is 2. The Morgan fingerprint density at radius 3 is 2.21 bits per heavy atom. The summed E-state index contributed by atoms with van der Waals surface area (Å²) in [5, 5.41) is 11.5. The number of urea groups is 1. The van der Waals surface area contributed by atoms with E-state index in [9.17, 15) is 9.59 Å². The molecule has 24 heavy (non-hydrogen) atoms. The van der Waals surface area contributed by atoms with E-state index in [-0.39, 0.29) is 25.0 Å². The Balaban J connectivity index is 1.96. The predicted octanol–water partition coefficient (Wildman–Crippen LogP) is 3.53. The first-order valence-corrected chi connectivity index (χ1v) is 7.86. The molecule has 2 N–H and O–H groups in total. The average Bonchev–Trinajstić information content (AvgIpc) is 2.60. The molecule has 0 saturated heterocycles. The van der Waals surface area contributed by atoms with Gasteiger partial charge in [-0.15, -0.1) is 0 Å². The van der Waals surface area contributed by atoms with Crippen molar-refractivity contribution >= 4 is 12.0 Å². The minimum atomic E-state index is -0.917. The number of nitrogens with zero attached hydrogens (tertiary/aromatic N) is 1. The van der Waals surface area contributed by atoms with E-state index in [1.165, 1.54) is 4.90 Å². The molecule has 0 aromatic heterocycles. The van der Waals surface area contributed by atoms with Gasteiger partial charge in [-0.1, -0.05) is 54.6 Å². The van der Waals surface area contributed by atoms with E-state index < -0.39 is 5.97 Å². The molecule has 2 aromatic carbocycles. The summed E-state index contributed by atoms with van der Waals surface area (Å²) in [6, 6.07) is 17.7. The second kappa shape index (κ2) is 8.15. The monoisotopic (exact) mass is 326 g/mol. The molecule has 2 aromatic rings. The molecule has 0 aliphatic rings. The van der Waals surface area contributed by atoms with Crippen LogP contribution >= 0.6 is 0 Å². The molecular formula is C19H22N2O3. The maximum atomic E-state index is 12.0. The number of nitrogens with one attached hydrogen (secondary N) is 1. The first-order valence-electron chi connectivity index (χ1n) is 7.86. The molecule has 0 heterocycles. The topological polar surface area (TPSA) is 69.6 Å². The number of carboxylic acids is 1. The van der Waals surface area contributed by atoms with Gasteiger partial charge in [0.25, 0.3) is 0 Å². The molecule has 0 spiro atoms. The van der Waals surface area contributed by atoms with Crippen molar-refractivity contribution in [3.05, 3.63) is 60.2 Å². The summed E-state index contributed by atoms with van der Waals surface area (Å²) in [6.45, 7) is 2.08. The number of carboxylic acid groups (broad SMARTS) is 1. The maximum absolute atomic E-state index is 12.0. The molecule has 0 saturated carbocycles. The van der Waals surface area contributed by atoms with Crippen LogP contribution in [0.1, 0.15) is 24.9 Å². The number of hydrogen-bond donors (Lipinski definition) is 2. The van der Waals surface area contributed by atoms with Crippen molar-refractivity contribution in [2.24, 2.45) is 0 Å². The van der Waals surface area contributed by atoms with E-state index in [1.54, 1.807) is 7.05 Å². The normalized spacial score (nSPS) is 11.6. The van der Waals surface area contributed by atoms with Gasteiger partial charge in [0, 0.05) is 13.6 Å². The molecule has 0 bridgehead atoms. The zero-order valence-corrected chi connectivity index (χ0v) is 13.9. The van der Waals surface area contributed by atoms with Crippen molar-refractivity contribution < 1.29 is 14.7 Å². The molecule has 5 nitrogen and oxygen atoms in total. The highest BCUT2D eigenvalue weighted by molar-refractivity contribution is 5.75. The molecular weight excluding hydrogens is 304 g/mol. The van der Waals surface area contributed by atoms with E-state index in [0.29, 0.717) is 0 Å². The summed E-state index contributed by atoms with van der Waals surface area (Å²) < 4.78 is 0. The van der Waals surface area contributed by atoms with Gasteiger partial charge in [-0.2, -0.15) is 0 Å². The molecule has 2 rings (SSSR count). The molecule has 1 unspecified atom stereocenters. The van der Waals surface area contributed by atoms with Crippen LogP contribution in [0.3, 0.4) is 0 Å². The Bertz CT molecular complexity index is 684. The SMILES string of the molecule is CC(NC(=O)N(C)CCC(=O)O)c1ccc(-c2ccccc2)cc1. The molecule has 0 aliphatic carbocycles. The third kappa shape index (κ3) is 4.84. The van der Waals surface area contributed by atoms with Crippen LogP contribution in [0, 0.1) is 0 Å². The van der Waals surface area contributed by atoms with E-state index in [2.05, 4.69) is 17.4 Å².